The van der Waals surface area contributed by atoms with Crippen LogP contribution in [0.4, 0.5) is 25.3 Å². The highest BCUT2D eigenvalue weighted by atomic mass is 32.1. The Balaban J connectivity index is 1.60. The van der Waals surface area contributed by atoms with Gasteiger partial charge in [0.1, 0.15) is 33.2 Å². The van der Waals surface area contributed by atoms with E-state index in [0.29, 0.717) is 5.69 Å². The maximum Gasteiger partial charge on any atom is 0.171 e. The van der Waals surface area contributed by atoms with E-state index in [2.05, 4.69) is 20.3 Å². The zero-order chi connectivity index (χ0) is 21.3. The summed E-state index contributed by atoms with van der Waals surface area (Å²) in [5.74, 6) is -0.577. The van der Waals surface area contributed by atoms with E-state index in [0.717, 1.165) is 55.2 Å². The molecule has 3 heterocycles. The highest BCUT2D eigenvalue weighted by Gasteiger charge is 2.24. The number of aryl methyl sites for hydroxylation is 1. The third-order valence-corrected chi connectivity index (χ3v) is 6.14. The lowest BCUT2D eigenvalue weighted by Crippen LogP contribution is -2.27. The van der Waals surface area contributed by atoms with Crippen molar-refractivity contribution in [3.05, 3.63) is 41.7 Å². The Hall–Kier alpha value is -2.72. The van der Waals surface area contributed by atoms with E-state index in [1.807, 2.05) is 7.05 Å². The van der Waals surface area contributed by atoms with E-state index in [4.69, 9.17) is 5.73 Å². The molecule has 4 N–H and O–H groups in total. The number of anilines is 3. The van der Waals surface area contributed by atoms with Gasteiger partial charge in [0.05, 0.1) is 17.4 Å². The van der Waals surface area contributed by atoms with E-state index in [9.17, 15) is 13.9 Å². The van der Waals surface area contributed by atoms with Gasteiger partial charge in [0.15, 0.2) is 6.23 Å². The lowest BCUT2D eigenvalue weighted by Gasteiger charge is -2.25. The minimum Gasteiger partial charge on any atom is -0.389 e. The molecule has 1 atom stereocenters. The average molecular weight is 435 g/mol. The number of aromatic nitrogens is 3. The second kappa shape index (κ2) is 8.57. The smallest absolute Gasteiger partial charge is 0.171 e. The minimum absolute atomic E-state index is 0.0814. The van der Waals surface area contributed by atoms with Crippen LogP contribution in [0.15, 0.2) is 24.4 Å². The molecule has 1 aromatic carbocycles. The Morgan fingerprint density at radius 3 is 2.50 bits per heavy atom. The molecule has 0 radical (unpaired) electrons. The Kier molecular flexibility index (Phi) is 5.87. The zero-order valence-corrected chi connectivity index (χ0v) is 17.4. The predicted octanol–water partition coefficient (Wildman–Crippen LogP) is 3.89. The number of aliphatic hydroxyl groups is 1. The molecule has 10 heteroatoms. The molecule has 1 unspecified atom stereocenters. The number of halogens is 2. The number of rotatable bonds is 5. The van der Waals surface area contributed by atoms with Gasteiger partial charge in [-0.05, 0) is 25.0 Å². The van der Waals surface area contributed by atoms with E-state index in [-0.39, 0.29) is 21.3 Å². The van der Waals surface area contributed by atoms with Crippen molar-refractivity contribution in [2.24, 2.45) is 7.05 Å². The van der Waals surface area contributed by atoms with Gasteiger partial charge in [0.2, 0.25) is 0 Å². The number of benzene rings is 1. The molecule has 160 valence electrons. The Morgan fingerprint density at radius 2 is 1.83 bits per heavy atom. The average Bonchev–Trinajstić information content (AvgIpc) is 3.13. The van der Waals surface area contributed by atoms with Crippen LogP contribution < -0.4 is 16.0 Å². The lowest BCUT2D eigenvalue weighted by molar-refractivity contribution is 0.205. The Bertz CT molecular complexity index is 1010. The largest absolute Gasteiger partial charge is 0.389 e. The van der Waals surface area contributed by atoms with E-state index in [1.54, 1.807) is 10.9 Å². The predicted molar refractivity (Wildman–Crippen MR) is 114 cm³/mol. The molecular weight excluding hydrogens is 410 g/mol. The van der Waals surface area contributed by atoms with Crippen LogP contribution in [0.25, 0.3) is 10.6 Å². The molecule has 0 bridgehead atoms. The third-order valence-electron chi connectivity index (χ3n) is 5.22. The summed E-state index contributed by atoms with van der Waals surface area (Å²) >= 11 is 0.930. The van der Waals surface area contributed by atoms with Crippen molar-refractivity contribution < 1.29 is 13.9 Å². The molecular formula is C20H24F2N6OS. The van der Waals surface area contributed by atoms with Crippen LogP contribution in [-0.2, 0) is 7.05 Å². The fourth-order valence-electron chi connectivity index (χ4n) is 3.75. The maximum atomic E-state index is 14.1. The zero-order valence-electron chi connectivity index (χ0n) is 16.6. The van der Waals surface area contributed by atoms with Crippen molar-refractivity contribution >= 4 is 27.8 Å². The molecule has 0 aliphatic carbocycles. The number of nitrogen functional groups attached to an aromatic ring is 1. The van der Waals surface area contributed by atoms with Crippen LogP contribution in [0, 0.1) is 11.6 Å². The van der Waals surface area contributed by atoms with Gasteiger partial charge >= 0.3 is 0 Å². The normalized spacial score (nSPS) is 15.8. The molecule has 1 aliphatic heterocycles. The molecule has 0 spiro atoms. The molecule has 30 heavy (non-hydrogen) atoms. The second-order valence-corrected chi connectivity index (χ2v) is 8.35. The number of nitrogens with zero attached hydrogens (tertiary/aromatic N) is 4. The summed E-state index contributed by atoms with van der Waals surface area (Å²) in [6, 6.07) is 3.61. The number of nitrogens with one attached hydrogen (secondary N) is 1. The molecule has 0 amide bonds. The van der Waals surface area contributed by atoms with E-state index < -0.39 is 17.9 Å². The molecule has 0 saturated carbocycles. The summed E-state index contributed by atoms with van der Waals surface area (Å²) < 4.78 is 30.0. The monoisotopic (exact) mass is 434 g/mol. The first kappa shape index (κ1) is 20.5. The van der Waals surface area contributed by atoms with Gasteiger partial charge in [-0.15, -0.1) is 0 Å². The minimum atomic E-state index is -1.25. The van der Waals surface area contributed by atoms with Gasteiger partial charge in [0.25, 0.3) is 0 Å². The van der Waals surface area contributed by atoms with Crippen LogP contribution in [-0.4, -0.2) is 33.0 Å². The van der Waals surface area contributed by atoms with Gasteiger partial charge < -0.3 is 21.1 Å². The number of aliphatic hydroxyl groups excluding tert-OH is 1. The van der Waals surface area contributed by atoms with Gasteiger partial charge in [-0.1, -0.05) is 30.2 Å². The molecule has 4 rings (SSSR count). The second-order valence-electron chi connectivity index (χ2n) is 7.32. The number of hydrogen-bond acceptors (Lipinski definition) is 7. The summed E-state index contributed by atoms with van der Waals surface area (Å²) in [4.78, 5) is 6.47. The van der Waals surface area contributed by atoms with Crippen LogP contribution >= 0.6 is 11.3 Å². The summed E-state index contributed by atoms with van der Waals surface area (Å²) in [5.41, 5.74) is 6.55. The summed E-state index contributed by atoms with van der Waals surface area (Å²) in [5, 5.41) is 18.3. The van der Waals surface area contributed by atoms with Gasteiger partial charge in [-0.3, -0.25) is 4.68 Å². The van der Waals surface area contributed by atoms with Crippen LogP contribution in [0.2, 0.25) is 0 Å². The first-order valence-corrected chi connectivity index (χ1v) is 10.7. The molecule has 1 aliphatic rings. The quantitative estimate of drug-likeness (QED) is 0.528. The van der Waals surface area contributed by atoms with Crippen molar-refractivity contribution in [1.29, 1.82) is 0 Å². The summed E-state index contributed by atoms with van der Waals surface area (Å²) in [7, 11) is 1.86. The first-order chi connectivity index (χ1) is 14.5. The van der Waals surface area contributed by atoms with Crippen LogP contribution in [0.1, 0.15) is 37.6 Å². The Labute approximate surface area is 177 Å². The topological polar surface area (TPSA) is 92.2 Å². The van der Waals surface area contributed by atoms with Crippen molar-refractivity contribution in [1.82, 2.24) is 14.8 Å². The molecule has 1 saturated heterocycles. The number of nitrogens with two attached hydrogens (primary N) is 1. The third kappa shape index (κ3) is 3.97. The molecule has 3 aromatic rings. The van der Waals surface area contributed by atoms with Crippen molar-refractivity contribution in [2.45, 2.75) is 31.9 Å². The fourth-order valence-corrected chi connectivity index (χ4v) is 4.67. The van der Waals surface area contributed by atoms with E-state index in [1.165, 1.54) is 18.9 Å². The maximum absolute atomic E-state index is 14.1. The SMILES string of the molecule is Cn1ncc(NC(O)c2nc(-c3c(F)cccc3F)sc2N)c1N1CCCCCC1. The van der Waals surface area contributed by atoms with Crippen molar-refractivity contribution in [3.8, 4) is 10.6 Å². The van der Waals surface area contributed by atoms with Crippen LogP contribution in [0.5, 0.6) is 0 Å². The molecule has 7 nitrogen and oxygen atoms in total. The fraction of sp³-hybridized carbons (Fsp3) is 0.400. The number of hydrogen-bond donors (Lipinski definition) is 3. The molecule has 2 aromatic heterocycles. The standard InChI is InChI=1S/C20H24F2N6OS/c1-27-20(28-9-4-2-3-5-10-28)14(11-24-27)25-18(29)16-17(23)30-19(26-16)15-12(21)7-6-8-13(15)22/h6-8,11,18,25,29H,2-5,9-10,23H2,1H3. The highest BCUT2D eigenvalue weighted by molar-refractivity contribution is 7.18. The molecule has 1 fully saturated rings. The summed E-state index contributed by atoms with van der Waals surface area (Å²) in [6.45, 7) is 1.83. The van der Waals surface area contributed by atoms with Gasteiger partial charge in [-0.25, -0.2) is 13.8 Å². The van der Waals surface area contributed by atoms with Gasteiger partial charge in [-0.2, -0.15) is 5.10 Å². The van der Waals surface area contributed by atoms with E-state index >= 15 is 0 Å². The van der Waals surface area contributed by atoms with Crippen molar-refractivity contribution in [3.63, 3.8) is 0 Å². The highest BCUT2D eigenvalue weighted by Crippen LogP contribution is 2.37. The lowest BCUT2D eigenvalue weighted by atomic mass is 10.2. The summed E-state index contributed by atoms with van der Waals surface area (Å²) in [6.07, 6.45) is 4.99. The van der Waals surface area contributed by atoms with Gasteiger partial charge in [0, 0.05) is 20.1 Å². The number of thiazole rings is 1. The first-order valence-electron chi connectivity index (χ1n) is 9.88. The van der Waals surface area contributed by atoms with Crippen molar-refractivity contribution in [2.75, 3.05) is 29.0 Å². The van der Waals surface area contributed by atoms with Crippen LogP contribution in [0.3, 0.4) is 0 Å². The Morgan fingerprint density at radius 1 is 1.17 bits per heavy atom.